The maximum absolute atomic E-state index is 14.2. The third-order valence-electron chi connectivity index (χ3n) is 9.39. The highest BCUT2D eigenvalue weighted by molar-refractivity contribution is 9.12. The minimum atomic E-state index is -0.794. The first kappa shape index (κ1) is 31.0. The van der Waals surface area contributed by atoms with Gasteiger partial charge >= 0.3 is 0 Å². The van der Waals surface area contributed by atoms with Crippen LogP contribution in [0.25, 0.3) is 0 Å². The van der Waals surface area contributed by atoms with E-state index in [-0.39, 0.29) is 57.6 Å². The number of carbonyl (C=O) groups is 4. The molecular weight excluding hydrogens is 684 g/mol. The number of hydrogen-bond donors (Lipinski definition) is 1. The number of phenolic OH excluding ortho intramolecular Hbond substituents is 1. The first-order chi connectivity index (χ1) is 22.5. The van der Waals surface area contributed by atoms with Gasteiger partial charge in [-0.3, -0.25) is 24.1 Å². The molecule has 3 aromatic rings. The Hall–Kier alpha value is -4.67. The van der Waals surface area contributed by atoms with E-state index in [9.17, 15) is 24.3 Å². The number of carbonyl (C=O) groups excluding carboxylic acids is 4. The Morgan fingerprint density at radius 3 is 2.21 bits per heavy atom. The van der Waals surface area contributed by atoms with Crippen LogP contribution in [0.3, 0.4) is 0 Å². The van der Waals surface area contributed by atoms with E-state index in [1.165, 1.54) is 23.1 Å². The molecule has 1 saturated heterocycles. The number of Topliss-reactive ketones (excluding diaryl/α,β-unsaturated/α-hetero) is 1. The number of azo groups is 1. The molecule has 4 unspecified atom stereocenters. The standard InChI is InChI=1S/C36H28BrClN4O5/c1-41(2)21-8-4-19(5-9-21)39-40-20-6-10-22(11-7-20)42-35(46)24-13-12-23-25(32(24)36(42)47)16-27-33(30(44)17-28(37)34(27)45)31(23)26-15-18(38)3-14-29(26)43/h3-12,14-15,17,24-25,31-32,43H,13,16H2,1-2H3. The summed E-state index contributed by atoms with van der Waals surface area (Å²) >= 11 is 9.56. The van der Waals surface area contributed by atoms with E-state index in [2.05, 4.69) is 26.2 Å². The summed E-state index contributed by atoms with van der Waals surface area (Å²) in [5.41, 5.74) is 4.35. The van der Waals surface area contributed by atoms with Crippen LogP contribution in [0, 0.1) is 17.8 Å². The number of hydrogen-bond acceptors (Lipinski definition) is 8. The van der Waals surface area contributed by atoms with Crippen molar-refractivity contribution in [2.24, 2.45) is 28.0 Å². The van der Waals surface area contributed by atoms with E-state index >= 15 is 0 Å². The third-order valence-corrected chi connectivity index (χ3v) is 10.2. The quantitative estimate of drug-likeness (QED) is 0.127. The second-order valence-corrected chi connectivity index (χ2v) is 13.5. The van der Waals surface area contributed by atoms with Crippen LogP contribution in [-0.2, 0) is 19.2 Å². The summed E-state index contributed by atoms with van der Waals surface area (Å²) in [5.74, 6) is -4.19. The van der Waals surface area contributed by atoms with Gasteiger partial charge in [0.1, 0.15) is 5.75 Å². The van der Waals surface area contributed by atoms with Crippen molar-refractivity contribution in [3.8, 4) is 5.75 Å². The number of aromatic hydroxyl groups is 1. The molecule has 236 valence electrons. The van der Waals surface area contributed by atoms with Gasteiger partial charge in [-0.25, -0.2) is 0 Å². The molecule has 1 heterocycles. The molecule has 1 fully saturated rings. The Balaban J connectivity index is 1.20. The van der Waals surface area contributed by atoms with Gasteiger partial charge in [-0.2, -0.15) is 10.2 Å². The minimum Gasteiger partial charge on any atom is -0.508 e. The van der Waals surface area contributed by atoms with Gasteiger partial charge < -0.3 is 10.0 Å². The Kier molecular flexibility index (Phi) is 7.80. The highest BCUT2D eigenvalue weighted by Gasteiger charge is 2.56. The van der Waals surface area contributed by atoms with Crippen molar-refractivity contribution in [2.45, 2.75) is 18.8 Å². The number of benzene rings is 3. The molecule has 0 saturated carbocycles. The van der Waals surface area contributed by atoms with E-state index in [1.54, 1.807) is 30.3 Å². The number of ketones is 2. The lowest BCUT2D eigenvalue weighted by molar-refractivity contribution is -0.123. The fourth-order valence-electron chi connectivity index (χ4n) is 7.17. The number of amides is 2. The Morgan fingerprint density at radius 2 is 1.55 bits per heavy atom. The smallest absolute Gasteiger partial charge is 0.238 e. The molecule has 4 atom stereocenters. The van der Waals surface area contributed by atoms with Crippen LogP contribution in [0.5, 0.6) is 5.75 Å². The van der Waals surface area contributed by atoms with Gasteiger partial charge in [0.15, 0.2) is 11.6 Å². The third kappa shape index (κ3) is 5.25. The van der Waals surface area contributed by atoms with Crippen LogP contribution in [0.15, 0.2) is 110 Å². The van der Waals surface area contributed by atoms with Gasteiger partial charge in [0.25, 0.3) is 0 Å². The summed E-state index contributed by atoms with van der Waals surface area (Å²) in [4.78, 5) is 58.1. The number of nitrogens with zero attached hydrogens (tertiary/aromatic N) is 4. The van der Waals surface area contributed by atoms with E-state index in [0.717, 1.165) is 11.3 Å². The molecule has 47 heavy (non-hydrogen) atoms. The molecule has 11 heteroatoms. The van der Waals surface area contributed by atoms with Gasteiger partial charge in [0.05, 0.1) is 33.4 Å². The molecule has 2 amide bonds. The molecule has 0 spiro atoms. The molecule has 3 aliphatic carbocycles. The largest absolute Gasteiger partial charge is 0.508 e. The number of imide groups is 1. The predicted molar refractivity (Wildman–Crippen MR) is 182 cm³/mol. The van der Waals surface area contributed by atoms with Crippen LogP contribution in [-0.4, -0.2) is 42.6 Å². The molecule has 4 aliphatic rings. The molecule has 1 aliphatic heterocycles. The average Bonchev–Trinajstić information content (AvgIpc) is 3.32. The normalized spacial score (nSPS) is 23.9. The van der Waals surface area contributed by atoms with E-state index in [0.29, 0.717) is 27.6 Å². The molecule has 0 bridgehead atoms. The predicted octanol–water partition coefficient (Wildman–Crippen LogP) is 7.49. The van der Waals surface area contributed by atoms with E-state index < -0.39 is 23.7 Å². The molecular formula is C36H28BrClN4O5. The summed E-state index contributed by atoms with van der Waals surface area (Å²) < 4.78 is 0.133. The molecule has 9 nitrogen and oxygen atoms in total. The molecule has 7 rings (SSSR count). The summed E-state index contributed by atoms with van der Waals surface area (Å²) in [7, 11) is 3.92. The maximum Gasteiger partial charge on any atom is 0.238 e. The highest BCUT2D eigenvalue weighted by atomic mass is 79.9. The molecule has 0 radical (unpaired) electrons. The van der Waals surface area contributed by atoms with Gasteiger partial charge in [0.2, 0.25) is 11.8 Å². The zero-order valence-corrected chi connectivity index (χ0v) is 27.7. The van der Waals surface area contributed by atoms with Crippen LogP contribution in [0.2, 0.25) is 5.02 Å². The maximum atomic E-state index is 14.2. The zero-order chi connectivity index (χ0) is 33.1. The lowest BCUT2D eigenvalue weighted by atomic mass is 9.59. The second-order valence-electron chi connectivity index (χ2n) is 12.2. The van der Waals surface area contributed by atoms with Crippen LogP contribution in [0.4, 0.5) is 22.7 Å². The molecule has 1 N–H and O–H groups in total. The summed E-state index contributed by atoms with van der Waals surface area (Å²) in [6.45, 7) is 0. The van der Waals surface area contributed by atoms with E-state index in [4.69, 9.17) is 11.6 Å². The molecule has 0 aromatic heterocycles. The lowest BCUT2D eigenvalue weighted by Gasteiger charge is -2.42. The summed E-state index contributed by atoms with van der Waals surface area (Å²) in [5, 5.41) is 19.9. The first-order valence-electron chi connectivity index (χ1n) is 15.1. The number of anilines is 2. The SMILES string of the molecule is CN(C)c1ccc(N=Nc2ccc(N3C(=O)C4CC=C5C(c6cc(Cl)ccc6O)C6=C(CC5C4C3=O)C(=O)C(Br)=CC6=O)cc2)cc1. The Labute approximate surface area is 284 Å². The topological polar surface area (TPSA) is 120 Å². The fraction of sp³-hybridized carbons (Fsp3) is 0.222. The zero-order valence-electron chi connectivity index (χ0n) is 25.4. The molecule has 3 aromatic carbocycles. The van der Waals surface area contributed by atoms with Crippen LogP contribution < -0.4 is 9.80 Å². The number of phenols is 1. The van der Waals surface area contributed by atoms with Crippen molar-refractivity contribution < 1.29 is 24.3 Å². The highest BCUT2D eigenvalue weighted by Crippen LogP contribution is 2.56. The second kappa shape index (κ2) is 11.8. The van der Waals surface area contributed by atoms with Crippen molar-refractivity contribution in [1.82, 2.24) is 0 Å². The first-order valence-corrected chi connectivity index (χ1v) is 16.2. The average molecular weight is 712 g/mol. The Bertz CT molecular complexity index is 2000. The number of allylic oxidation sites excluding steroid dienone is 6. The van der Waals surface area contributed by atoms with Gasteiger partial charge in [0, 0.05) is 53.5 Å². The van der Waals surface area contributed by atoms with Crippen molar-refractivity contribution >= 4 is 73.7 Å². The van der Waals surface area contributed by atoms with Crippen molar-refractivity contribution in [3.05, 3.63) is 111 Å². The van der Waals surface area contributed by atoms with Crippen LogP contribution in [0.1, 0.15) is 24.3 Å². The lowest BCUT2D eigenvalue weighted by Crippen LogP contribution is -2.39. The van der Waals surface area contributed by atoms with E-state index in [1.807, 2.05) is 49.3 Å². The van der Waals surface area contributed by atoms with Gasteiger partial charge in [-0.15, -0.1) is 0 Å². The van der Waals surface area contributed by atoms with Gasteiger partial charge in [-0.1, -0.05) is 23.3 Å². The number of halogens is 2. The van der Waals surface area contributed by atoms with Crippen molar-refractivity contribution in [3.63, 3.8) is 0 Å². The minimum absolute atomic E-state index is 0.0814. The Morgan fingerprint density at radius 1 is 0.894 bits per heavy atom. The van der Waals surface area contributed by atoms with Crippen LogP contribution >= 0.6 is 27.5 Å². The van der Waals surface area contributed by atoms with Crippen molar-refractivity contribution in [1.29, 1.82) is 0 Å². The fourth-order valence-corrected chi connectivity index (χ4v) is 7.80. The number of rotatable bonds is 5. The number of fused-ring (bicyclic) bond motifs is 3. The monoisotopic (exact) mass is 710 g/mol. The van der Waals surface area contributed by atoms with Crippen molar-refractivity contribution in [2.75, 3.05) is 23.9 Å². The summed E-state index contributed by atoms with van der Waals surface area (Å²) in [6, 6.07) is 18.9. The summed E-state index contributed by atoms with van der Waals surface area (Å²) in [6.07, 6.45) is 3.54. The van der Waals surface area contributed by atoms with Gasteiger partial charge in [-0.05, 0) is 101 Å².